The van der Waals surface area contributed by atoms with E-state index < -0.39 is 5.82 Å². The van der Waals surface area contributed by atoms with E-state index in [1.54, 1.807) is 4.68 Å². The predicted molar refractivity (Wildman–Crippen MR) is 157 cm³/mol. The van der Waals surface area contributed by atoms with Crippen molar-refractivity contribution in [2.75, 3.05) is 32.0 Å². The monoisotopic (exact) mass is 564 g/mol. The molecule has 1 saturated heterocycles. The van der Waals surface area contributed by atoms with E-state index in [-0.39, 0.29) is 17.6 Å². The fourth-order valence-corrected chi connectivity index (χ4v) is 5.76. The molecule has 0 amide bonds. The van der Waals surface area contributed by atoms with Crippen molar-refractivity contribution in [2.24, 2.45) is 0 Å². The molecule has 1 aliphatic rings. The number of pyridine rings is 2. The molecule has 10 nitrogen and oxygen atoms in total. The van der Waals surface area contributed by atoms with Crippen LogP contribution in [-0.4, -0.2) is 65.4 Å². The number of rotatable bonds is 6. The summed E-state index contributed by atoms with van der Waals surface area (Å²) in [5.74, 6) is -0.572. The lowest BCUT2D eigenvalue weighted by Gasteiger charge is -2.26. The number of halogens is 1. The Morgan fingerprint density at radius 3 is 2.74 bits per heavy atom. The SMILES string of the molecule is CC(c1cc2ccccn2c1-c1cc(CN2CCOCC2)ccn1)n1nc(-c2cc(O)cc(F)c2)c2c(N)ncnc21. The molecule has 3 N–H and O–H groups in total. The highest BCUT2D eigenvalue weighted by Crippen LogP contribution is 2.38. The zero-order chi connectivity index (χ0) is 28.8. The summed E-state index contributed by atoms with van der Waals surface area (Å²) in [5, 5.41) is 15.5. The van der Waals surface area contributed by atoms with Gasteiger partial charge < -0.3 is 20.0 Å². The highest BCUT2D eigenvalue weighted by Gasteiger charge is 2.26. The van der Waals surface area contributed by atoms with Gasteiger partial charge in [0.1, 0.15) is 29.4 Å². The number of phenolic OH excluding ortho intramolecular Hbond substituents is 1. The number of benzene rings is 1. The number of anilines is 1. The van der Waals surface area contributed by atoms with E-state index in [4.69, 9.17) is 20.6 Å². The maximum absolute atomic E-state index is 14.3. The lowest BCUT2D eigenvalue weighted by molar-refractivity contribution is 0.0342. The molecule has 0 saturated carbocycles. The van der Waals surface area contributed by atoms with Crippen LogP contribution in [0.1, 0.15) is 24.1 Å². The summed E-state index contributed by atoms with van der Waals surface area (Å²) in [6, 6.07) is 15.9. The number of aromatic nitrogens is 6. The Morgan fingerprint density at radius 1 is 1.05 bits per heavy atom. The normalized spacial score (nSPS) is 15.0. The first kappa shape index (κ1) is 26.1. The van der Waals surface area contributed by atoms with Crippen molar-refractivity contribution in [3.63, 3.8) is 0 Å². The topological polar surface area (TPSA) is 120 Å². The van der Waals surface area contributed by atoms with Crippen molar-refractivity contribution in [2.45, 2.75) is 19.5 Å². The first-order chi connectivity index (χ1) is 20.5. The second kappa shape index (κ2) is 10.5. The number of morpholine rings is 1. The molecule has 0 bridgehead atoms. The van der Waals surface area contributed by atoms with Crippen LogP contribution in [0.15, 0.2) is 73.3 Å². The first-order valence-electron chi connectivity index (χ1n) is 13.8. The number of hydrogen-bond donors (Lipinski definition) is 2. The molecule has 6 aromatic rings. The Hall–Kier alpha value is -4.87. The number of ether oxygens (including phenoxy) is 1. The van der Waals surface area contributed by atoms with Gasteiger partial charge in [0.25, 0.3) is 0 Å². The van der Waals surface area contributed by atoms with Crippen LogP contribution in [0.3, 0.4) is 0 Å². The van der Waals surface area contributed by atoms with Gasteiger partial charge in [-0.3, -0.25) is 9.88 Å². The molecule has 1 aliphatic heterocycles. The summed E-state index contributed by atoms with van der Waals surface area (Å²) in [4.78, 5) is 15.9. The molecule has 0 radical (unpaired) electrons. The van der Waals surface area contributed by atoms with E-state index in [9.17, 15) is 9.50 Å². The van der Waals surface area contributed by atoms with Crippen LogP contribution < -0.4 is 5.73 Å². The van der Waals surface area contributed by atoms with Crippen LogP contribution in [0.5, 0.6) is 5.75 Å². The lowest BCUT2D eigenvalue weighted by atomic mass is 10.0. The van der Waals surface area contributed by atoms with E-state index in [1.807, 2.05) is 31.5 Å². The molecule has 1 aromatic carbocycles. The van der Waals surface area contributed by atoms with Gasteiger partial charge in [-0.25, -0.2) is 19.0 Å². The second-order valence-corrected chi connectivity index (χ2v) is 10.5. The third kappa shape index (κ3) is 4.62. The minimum absolute atomic E-state index is 0.208. The fraction of sp³-hybridized carbons (Fsp3) is 0.226. The van der Waals surface area contributed by atoms with Crippen molar-refractivity contribution in [1.82, 2.24) is 34.0 Å². The Morgan fingerprint density at radius 2 is 1.90 bits per heavy atom. The van der Waals surface area contributed by atoms with Gasteiger partial charge in [-0.2, -0.15) is 5.10 Å². The van der Waals surface area contributed by atoms with Crippen LogP contribution in [0.2, 0.25) is 0 Å². The molecule has 0 aliphatic carbocycles. The largest absolute Gasteiger partial charge is 0.508 e. The molecule has 7 rings (SSSR count). The van der Waals surface area contributed by atoms with Crippen molar-refractivity contribution in [3.8, 4) is 28.4 Å². The van der Waals surface area contributed by atoms with E-state index in [2.05, 4.69) is 43.5 Å². The van der Waals surface area contributed by atoms with Gasteiger partial charge >= 0.3 is 0 Å². The molecular weight excluding hydrogens is 535 g/mol. The smallest absolute Gasteiger partial charge is 0.164 e. The highest BCUT2D eigenvalue weighted by atomic mass is 19.1. The molecule has 42 heavy (non-hydrogen) atoms. The Balaban J connectivity index is 1.37. The zero-order valence-corrected chi connectivity index (χ0v) is 23.0. The number of nitrogens with two attached hydrogens (primary N) is 1. The molecular formula is C31H29FN8O2. The van der Waals surface area contributed by atoms with Gasteiger partial charge in [-0.1, -0.05) is 6.07 Å². The van der Waals surface area contributed by atoms with Gasteiger partial charge in [0.15, 0.2) is 5.65 Å². The average molecular weight is 565 g/mol. The van der Waals surface area contributed by atoms with Crippen molar-refractivity contribution >= 4 is 22.4 Å². The molecule has 1 atom stereocenters. The van der Waals surface area contributed by atoms with Gasteiger partial charge in [0.05, 0.1) is 36.0 Å². The van der Waals surface area contributed by atoms with Crippen LogP contribution >= 0.6 is 0 Å². The molecule has 1 fully saturated rings. The highest BCUT2D eigenvalue weighted by molar-refractivity contribution is 5.98. The van der Waals surface area contributed by atoms with Crippen molar-refractivity contribution in [3.05, 3.63) is 90.3 Å². The van der Waals surface area contributed by atoms with Crippen LogP contribution in [0.4, 0.5) is 10.2 Å². The maximum Gasteiger partial charge on any atom is 0.164 e. The average Bonchev–Trinajstić information content (AvgIpc) is 3.57. The number of nitrogens with zero attached hydrogens (tertiary/aromatic N) is 7. The fourth-order valence-electron chi connectivity index (χ4n) is 5.76. The summed E-state index contributed by atoms with van der Waals surface area (Å²) in [5.41, 5.74) is 12.5. The lowest BCUT2D eigenvalue weighted by Crippen LogP contribution is -2.35. The second-order valence-electron chi connectivity index (χ2n) is 10.5. The molecule has 11 heteroatoms. The quantitative estimate of drug-likeness (QED) is 0.299. The van der Waals surface area contributed by atoms with E-state index >= 15 is 0 Å². The van der Waals surface area contributed by atoms with Crippen molar-refractivity contribution < 1.29 is 14.2 Å². The molecule has 6 heterocycles. The Labute approximate surface area is 240 Å². The van der Waals surface area contributed by atoms with Gasteiger partial charge in [-0.15, -0.1) is 0 Å². The van der Waals surface area contributed by atoms with Gasteiger partial charge in [0.2, 0.25) is 0 Å². The van der Waals surface area contributed by atoms with Crippen LogP contribution in [0.25, 0.3) is 39.2 Å². The van der Waals surface area contributed by atoms with Gasteiger partial charge in [0, 0.05) is 54.7 Å². The number of fused-ring (bicyclic) bond motifs is 2. The maximum atomic E-state index is 14.3. The van der Waals surface area contributed by atoms with E-state index in [1.165, 1.54) is 24.0 Å². The summed E-state index contributed by atoms with van der Waals surface area (Å²) >= 11 is 0. The molecule has 1 unspecified atom stereocenters. The third-order valence-corrected chi connectivity index (χ3v) is 7.78. The molecule has 0 spiro atoms. The van der Waals surface area contributed by atoms with E-state index in [0.717, 1.165) is 61.4 Å². The Kier molecular flexibility index (Phi) is 6.52. The molecule has 212 valence electrons. The molecule has 5 aromatic heterocycles. The Bertz CT molecular complexity index is 1910. The van der Waals surface area contributed by atoms with E-state index in [0.29, 0.717) is 22.3 Å². The predicted octanol–water partition coefficient (Wildman–Crippen LogP) is 4.68. The van der Waals surface area contributed by atoms with Crippen molar-refractivity contribution in [1.29, 1.82) is 0 Å². The minimum atomic E-state index is -0.583. The van der Waals surface area contributed by atoms with Crippen LogP contribution in [0, 0.1) is 5.82 Å². The third-order valence-electron chi connectivity index (χ3n) is 7.78. The van der Waals surface area contributed by atoms with Crippen LogP contribution in [-0.2, 0) is 11.3 Å². The van der Waals surface area contributed by atoms with Gasteiger partial charge in [-0.05, 0) is 55.0 Å². The number of nitrogen functional groups attached to an aromatic ring is 1. The number of phenols is 1. The zero-order valence-electron chi connectivity index (χ0n) is 23.0. The first-order valence-corrected chi connectivity index (χ1v) is 13.8. The summed E-state index contributed by atoms with van der Waals surface area (Å²) in [6.07, 6.45) is 5.27. The number of hydrogen-bond acceptors (Lipinski definition) is 8. The summed E-state index contributed by atoms with van der Waals surface area (Å²) in [6.45, 7) is 6.13. The summed E-state index contributed by atoms with van der Waals surface area (Å²) < 4.78 is 23.7. The number of aromatic hydroxyl groups is 1. The minimum Gasteiger partial charge on any atom is -0.508 e. The standard InChI is InChI=1S/C31H29FN8O2/c1-19(40-31-27(30(33)35-18-36-31)28(37-40)21-13-22(32)15-24(41)14-21)25-16-23-4-2-3-7-39(23)29(25)26-12-20(5-6-34-26)17-38-8-10-42-11-9-38/h2-7,12-16,18-19,41H,8-11,17H2,1H3,(H2,33,35,36). The summed E-state index contributed by atoms with van der Waals surface area (Å²) in [7, 11) is 0.